The summed E-state index contributed by atoms with van der Waals surface area (Å²) in [6.07, 6.45) is 0.469. The maximum atomic E-state index is 12.9. The number of carbonyl (C=O) groups is 1. The number of nitrogens with zero attached hydrogens (tertiary/aromatic N) is 1. The van der Waals surface area contributed by atoms with Crippen molar-refractivity contribution in [3.8, 4) is 0 Å². The number of hydrogen-bond acceptors (Lipinski definition) is 4. The molecule has 0 aromatic carbocycles. The van der Waals surface area contributed by atoms with Gasteiger partial charge in [-0.1, -0.05) is 12.1 Å². The van der Waals surface area contributed by atoms with Crippen molar-refractivity contribution in [2.75, 3.05) is 13.1 Å². The molecule has 1 aromatic heterocycles. The van der Waals surface area contributed by atoms with Crippen LogP contribution in [0.5, 0.6) is 0 Å². The summed E-state index contributed by atoms with van der Waals surface area (Å²) in [7, 11) is 0. The summed E-state index contributed by atoms with van der Waals surface area (Å²) in [6, 6.07) is 0. The number of carbonyl (C=O) groups excluding carboxylic acids is 1. The van der Waals surface area contributed by atoms with E-state index < -0.39 is 24.9 Å². The van der Waals surface area contributed by atoms with Crippen molar-refractivity contribution in [2.45, 2.75) is 26.2 Å². The van der Waals surface area contributed by atoms with Gasteiger partial charge in [-0.05, 0) is 6.92 Å². The van der Waals surface area contributed by atoms with Gasteiger partial charge in [-0.15, -0.1) is 0 Å². The van der Waals surface area contributed by atoms with Gasteiger partial charge in [0, 0.05) is 6.42 Å². The topological polar surface area (TPSA) is 81.2 Å². The molecule has 1 aromatic rings. The average Bonchev–Trinajstić information content (AvgIpc) is 2.67. The fraction of sp³-hybridized carbons (Fsp3) is 0.600. The largest absolute Gasteiger partial charge is 0.360 e. The third-order valence-corrected chi connectivity index (χ3v) is 2.29. The Morgan fingerprint density at radius 3 is 2.76 bits per heavy atom. The van der Waals surface area contributed by atoms with E-state index in [1.54, 1.807) is 13.8 Å². The van der Waals surface area contributed by atoms with E-state index in [1.807, 2.05) is 0 Å². The standard InChI is InChI=1S/C10H15F2N3O2/c1-3-7-8(6(2)15-17-7)9(16)14-5-10(11,12)4-13/h3-5,13H2,1-2H3,(H,14,16). The number of halogens is 2. The average molecular weight is 247 g/mol. The number of amides is 1. The van der Waals surface area contributed by atoms with E-state index in [2.05, 4.69) is 10.5 Å². The lowest BCUT2D eigenvalue weighted by atomic mass is 10.1. The molecule has 96 valence electrons. The second-order valence-electron chi connectivity index (χ2n) is 3.66. The van der Waals surface area contributed by atoms with Crippen LogP contribution in [0, 0.1) is 6.92 Å². The van der Waals surface area contributed by atoms with E-state index in [-0.39, 0.29) is 5.56 Å². The highest BCUT2D eigenvalue weighted by Gasteiger charge is 2.28. The van der Waals surface area contributed by atoms with Crippen LogP contribution in [0.1, 0.15) is 28.7 Å². The fourth-order valence-corrected chi connectivity index (χ4v) is 1.32. The van der Waals surface area contributed by atoms with Crippen LogP contribution in [0.2, 0.25) is 0 Å². The fourth-order valence-electron chi connectivity index (χ4n) is 1.32. The summed E-state index contributed by atoms with van der Waals surface area (Å²) in [5.74, 6) is -3.34. The summed E-state index contributed by atoms with van der Waals surface area (Å²) in [5, 5.41) is 5.75. The maximum absolute atomic E-state index is 12.9. The molecule has 1 amide bonds. The van der Waals surface area contributed by atoms with E-state index in [0.717, 1.165) is 0 Å². The molecule has 7 heteroatoms. The normalized spacial score (nSPS) is 11.6. The highest BCUT2D eigenvalue weighted by atomic mass is 19.3. The summed E-state index contributed by atoms with van der Waals surface area (Å²) >= 11 is 0. The molecule has 1 heterocycles. The third kappa shape index (κ3) is 3.23. The molecule has 0 saturated heterocycles. The van der Waals surface area contributed by atoms with Crippen LogP contribution in [0.3, 0.4) is 0 Å². The van der Waals surface area contributed by atoms with E-state index in [1.165, 1.54) is 0 Å². The molecule has 0 saturated carbocycles. The molecule has 0 atom stereocenters. The first kappa shape index (κ1) is 13.6. The summed E-state index contributed by atoms with van der Waals surface area (Å²) < 4.78 is 30.6. The van der Waals surface area contributed by atoms with Crippen molar-refractivity contribution in [3.63, 3.8) is 0 Å². The van der Waals surface area contributed by atoms with E-state index in [4.69, 9.17) is 10.3 Å². The lowest BCUT2D eigenvalue weighted by molar-refractivity contribution is 0.0118. The van der Waals surface area contributed by atoms with Crippen molar-refractivity contribution < 1.29 is 18.1 Å². The van der Waals surface area contributed by atoms with Gasteiger partial charge in [0.1, 0.15) is 11.3 Å². The van der Waals surface area contributed by atoms with Gasteiger partial charge in [0.25, 0.3) is 11.8 Å². The van der Waals surface area contributed by atoms with Gasteiger partial charge in [-0.25, -0.2) is 8.78 Å². The number of rotatable bonds is 5. The van der Waals surface area contributed by atoms with E-state index >= 15 is 0 Å². The molecule has 0 radical (unpaired) electrons. The number of aromatic nitrogens is 1. The third-order valence-electron chi connectivity index (χ3n) is 2.29. The van der Waals surface area contributed by atoms with Crippen LogP contribution < -0.4 is 11.1 Å². The zero-order valence-electron chi connectivity index (χ0n) is 9.72. The van der Waals surface area contributed by atoms with Crippen LogP contribution in [-0.2, 0) is 6.42 Å². The van der Waals surface area contributed by atoms with Crippen molar-refractivity contribution in [1.29, 1.82) is 0 Å². The van der Waals surface area contributed by atoms with Crippen molar-refractivity contribution in [2.24, 2.45) is 5.73 Å². The van der Waals surface area contributed by atoms with Crippen molar-refractivity contribution in [1.82, 2.24) is 10.5 Å². The molecule has 3 N–H and O–H groups in total. The highest BCUT2D eigenvalue weighted by molar-refractivity contribution is 5.96. The van der Waals surface area contributed by atoms with Crippen LogP contribution >= 0.6 is 0 Å². The molecule has 0 bridgehead atoms. The van der Waals surface area contributed by atoms with Crippen molar-refractivity contribution >= 4 is 5.91 Å². The zero-order chi connectivity index (χ0) is 13.1. The lowest BCUT2D eigenvalue weighted by Gasteiger charge is -2.14. The Morgan fingerprint density at radius 1 is 1.59 bits per heavy atom. The zero-order valence-corrected chi connectivity index (χ0v) is 9.72. The number of aryl methyl sites for hydroxylation is 2. The molecule has 0 aliphatic rings. The maximum Gasteiger partial charge on any atom is 0.277 e. The van der Waals surface area contributed by atoms with Gasteiger partial charge in [-0.3, -0.25) is 4.79 Å². The Labute approximate surface area is 97.3 Å². The molecule has 0 aliphatic heterocycles. The Morgan fingerprint density at radius 2 is 2.24 bits per heavy atom. The quantitative estimate of drug-likeness (QED) is 0.809. The molecule has 0 spiro atoms. The minimum absolute atomic E-state index is 0.223. The van der Waals surface area contributed by atoms with E-state index in [0.29, 0.717) is 17.9 Å². The predicted molar refractivity (Wildman–Crippen MR) is 57.0 cm³/mol. The second kappa shape index (κ2) is 5.22. The predicted octanol–water partition coefficient (Wildman–Crippen LogP) is 0.869. The van der Waals surface area contributed by atoms with Crippen LogP contribution in [0.4, 0.5) is 8.78 Å². The molecule has 17 heavy (non-hydrogen) atoms. The number of hydrogen-bond donors (Lipinski definition) is 2. The lowest BCUT2D eigenvalue weighted by Crippen LogP contribution is -2.41. The molecule has 0 aliphatic carbocycles. The minimum Gasteiger partial charge on any atom is -0.360 e. The Kier molecular flexibility index (Phi) is 4.17. The molecular weight excluding hydrogens is 232 g/mol. The Balaban J connectivity index is 2.73. The minimum atomic E-state index is -3.10. The first-order valence-electron chi connectivity index (χ1n) is 5.22. The van der Waals surface area contributed by atoms with Gasteiger partial charge in [-0.2, -0.15) is 0 Å². The summed E-state index contributed by atoms with van der Waals surface area (Å²) in [6.45, 7) is 1.76. The van der Waals surface area contributed by atoms with Gasteiger partial charge in [0.05, 0.1) is 18.8 Å². The number of nitrogens with one attached hydrogen (secondary N) is 1. The first-order chi connectivity index (χ1) is 7.91. The van der Waals surface area contributed by atoms with Gasteiger partial charge in [0.2, 0.25) is 0 Å². The molecule has 0 fully saturated rings. The summed E-state index contributed by atoms with van der Waals surface area (Å²) in [5.41, 5.74) is 5.47. The Hall–Kier alpha value is -1.50. The Bertz CT molecular complexity index is 404. The first-order valence-corrected chi connectivity index (χ1v) is 5.22. The van der Waals surface area contributed by atoms with Crippen molar-refractivity contribution in [3.05, 3.63) is 17.0 Å². The molecule has 5 nitrogen and oxygen atoms in total. The summed E-state index contributed by atoms with van der Waals surface area (Å²) in [4.78, 5) is 11.7. The van der Waals surface area contributed by atoms with Gasteiger partial charge in [0.15, 0.2) is 0 Å². The van der Waals surface area contributed by atoms with Gasteiger partial charge < -0.3 is 15.6 Å². The monoisotopic (exact) mass is 247 g/mol. The molecule has 0 unspecified atom stereocenters. The molecule has 1 rings (SSSR count). The van der Waals surface area contributed by atoms with Crippen LogP contribution in [0.25, 0.3) is 0 Å². The SMILES string of the molecule is CCc1onc(C)c1C(=O)NCC(F)(F)CN. The smallest absolute Gasteiger partial charge is 0.277 e. The van der Waals surface area contributed by atoms with Crippen LogP contribution in [-0.4, -0.2) is 30.1 Å². The number of nitrogens with two attached hydrogens (primary N) is 1. The van der Waals surface area contributed by atoms with Gasteiger partial charge >= 0.3 is 0 Å². The second-order valence-corrected chi connectivity index (χ2v) is 3.66. The van der Waals surface area contributed by atoms with E-state index in [9.17, 15) is 13.6 Å². The number of alkyl halides is 2. The molecular formula is C10H15F2N3O2. The van der Waals surface area contributed by atoms with Crippen LogP contribution in [0.15, 0.2) is 4.52 Å². The highest BCUT2D eigenvalue weighted by Crippen LogP contribution is 2.15.